The van der Waals surface area contributed by atoms with E-state index in [1.54, 1.807) is 20.1 Å². The van der Waals surface area contributed by atoms with Crippen molar-refractivity contribution in [1.29, 1.82) is 0 Å². The second-order valence-corrected chi connectivity index (χ2v) is 5.66. The Morgan fingerprint density at radius 1 is 1.13 bits per heavy atom. The summed E-state index contributed by atoms with van der Waals surface area (Å²) < 4.78 is 11.0. The van der Waals surface area contributed by atoms with Crippen molar-refractivity contribution in [3.05, 3.63) is 54.1 Å². The van der Waals surface area contributed by atoms with Crippen molar-refractivity contribution >= 4 is 11.6 Å². The van der Waals surface area contributed by atoms with Crippen LogP contribution in [0.4, 0.5) is 5.69 Å². The van der Waals surface area contributed by atoms with Gasteiger partial charge in [0.05, 0.1) is 7.11 Å². The Hall–Kier alpha value is -2.49. The molecule has 0 saturated carbocycles. The van der Waals surface area contributed by atoms with E-state index in [1.807, 2.05) is 41.3 Å². The summed E-state index contributed by atoms with van der Waals surface area (Å²) in [6.45, 7) is 2.53. The van der Waals surface area contributed by atoms with E-state index in [2.05, 4.69) is 6.07 Å². The van der Waals surface area contributed by atoms with E-state index in [-0.39, 0.29) is 5.91 Å². The molecule has 0 aromatic heterocycles. The number of carbonyl (C=O) groups is 1. The van der Waals surface area contributed by atoms with Gasteiger partial charge in [0.1, 0.15) is 11.5 Å². The third-order valence-corrected chi connectivity index (χ3v) is 4.08. The largest absolute Gasteiger partial charge is 0.497 e. The van der Waals surface area contributed by atoms with E-state index in [1.165, 1.54) is 5.56 Å². The van der Waals surface area contributed by atoms with E-state index >= 15 is 0 Å². The van der Waals surface area contributed by atoms with Crippen molar-refractivity contribution in [2.45, 2.75) is 25.9 Å². The summed E-state index contributed by atoms with van der Waals surface area (Å²) in [4.78, 5) is 14.6. The summed E-state index contributed by atoms with van der Waals surface area (Å²) in [5, 5.41) is 0. The second kappa shape index (κ2) is 6.73. The third-order valence-electron chi connectivity index (χ3n) is 4.08. The molecule has 4 heteroatoms. The maximum Gasteiger partial charge on any atom is 0.267 e. The Kier molecular flexibility index (Phi) is 4.51. The van der Waals surface area contributed by atoms with Gasteiger partial charge in [0, 0.05) is 18.3 Å². The molecule has 2 aromatic carbocycles. The first-order valence-electron chi connectivity index (χ1n) is 7.89. The zero-order chi connectivity index (χ0) is 16.2. The Balaban J connectivity index is 1.75. The molecule has 0 saturated heterocycles. The van der Waals surface area contributed by atoms with Gasteiger partial charge in [-0.2, -0.15) is 0 Å². The van der Waals surface area contributed by atoms with E-state index in [0.29, 0.717) is 11.5 Å². The van der Waals surface area contributed by atoms with Crippen LogP contribution in [0, 0.1) is 0 Å². The van der Waals surface area contributed by atoms with Crippen molar-refractivity contribution in [2.75, 3.05) is 18.6 Å². The summed E-state index contributed by atoms with van der Waals surface area (Å²) >= 11 is 0. The zero-order valence-electron chi connectivity index (χ0n) is 13.5. The fraction of sp³-hybridized carbons (Fsp3) is 0.316. The van der Waals surface area contributed by atoms with Crippen LogP contribution in [0.1, 0.15) is 18.9 Å². The fourth-order valence-electron chi connectivity index (χ4n) is 2.91. The van der Waals surface area contributed by atoms with Gasteiger partial charge >= 0.3 is 0 Å². The van der Waals surface area contributed by atoms with Gasteiger partial charge in [-0.3, -0.25) is 4.79 Å². The predicted octanol–water partition coefficient (Wildman–Crippen LogP) is 3.44. The van der Waals surface area contributed by atoms with Gasteiger partial charge in [-0.1, -0.05) is 24.3 Å². The number of benzene rings is 2. The molecule has 4 nitrogen and oxygen atoms in total. The second-order valence-electron chi connectivity index (χ2n) is 5.66. The molecule has 0 fully saturated rings. The van der Waals surface area contributed by atoms with Crippen LogP contribution in [0.3, 0.4) is 0 Å². The molecule has 0 aliphatic carbocycles. The fourth-order valence-corrected chi connectivity index (χ4v) is 2.91. The van der Waals surface area contributed by atoms with Crippen LogP contribution in [0.2, 0.25) is 0 Å². The van der Waals surface area contributed by atoms with Gasteiger partial charge in [-0.05, 0) is 43.5 Å². The Labute approximate surface area is 136 Å². The number of anilines is 1. The maximum absolute atomic E-state index is 12.8. The summed E-state index contributed by atoms with van der Waals surface area (Å²) in [6.07, 6.45) is 1.45. The molecule has 1 heterocycles. The average Bonchev–Trinajstić information content (AvgIpc) is 2.60. The number of nitrogens with zero attached hydrogens (tertiary/aromatic N) is 1. The van der Waals surface area contributed by atoms with Gasteiger partial charge in [-0.15, -0.1) is 0 Å². The van der Waals surface area contributed by atoms with Crippen LogP contribution in [-0.4, -0.2) is 25.7 Å². The number of methoxy groups -OCH3 is 1. The highest BCUT2D eigenvalue weighted by atomic mass is 16.5. The van der Waals surface area contributed by atoms with Crippen molar-refractivity contribution in [3.63, 3.8) is 0 Å². The van der Waals surface area contributed by atoms with E-state index < -0.39 is 6.10 Å². The molecule has 0 spiro atoms. The van der Waals surface area contributed by atoms with Gasteiger partial charge in [0.15, 0.2) is 6.10 Å². The molecular formula is C19H21NO3. The van der Waals surface area contributed by atoms with E-state index in [9.17, 15) is 4.79 Å². The first kappa shape index (κ1) is 15.4. The Morgan fingerprint density at radius 3 is 2.74 bits per heavy atom. The normalized spacial score (nSPS) is 14.8. The molecule has 0 bridgehead atoms. The standard InChI is InChI=1S/C19H21NO3/c1-14(23-17-10-5-9-16(13-17)22-2)19(21)20-12-6-8-15-7-3-4-11-18(15)20/h3-5,7,9-11,13-14H,6,8,12H2,1-2H3. The molecule has 0 radical (unpaired) electrons. The number of rotatable bonds is 4. The van der Waals surface area contributed by atoms with Crippen LogP contribution < -0.4 is 14.4 Å². The molecule has 2 aromatic rings. The van der Waals surface area contributed by atoms with E-state index in [0.717, 1.165) is 25.1 Å². The predicted molar refractivity (Wildman–Crippen MR) is 90.2 cm³/mol. The molecule has 1 aliphatic rings. The lowest BCUT2D eigenvalue weighted by molar-refractivity contribution is -0.124. The summed E-state index contributed by atoms with van der Waals surface area (Å²) in [5.74, 6) is 1.33. The number of hydrogen-bond donors (Lipinski definition) is 0. The van der Waals surface area contributed by atoms with Gasteiger partial charge < -0.3 is 14.4 Å². The average molecular weight is 311 g/mol. The minimum Gasteiger partial charge on any atom is -0.497 e. The molecule has 1 amide bonds. The number of carbonyl (C=O) groups excluding carboxylic acids is 1. The SMILES string of the molecule is COc1cccc(OC(C)C(=O)N2CCCc3ccccc32)c1. The summed E-state index contributed by atoms with van der Waals surface area (Å²) in [5.41, 5.74) is 2.23. The molecule has 3 rings (SSSR count). The molecule has 0 N–H and O–H groups in total. The zero-order valence-corrected chi connectivity index (χ0v) is 13.5. The van der Waals surface area contributed by atoms with Crippen LogP contribution in [0.25, 0.3) is 0 Å². The Bertz CT molecular complexity index is 699. The van der Waals surface area contributed by atoms with Crippen molar-refractivity contribution < 1.29 is 14.3 Å². The molecular weight excluding hydrogens is 290 g/mol. The Morgan fingerprint density at radius 2 is 1.91 bits per heavy atom. The maximum atomic E-state index is 12.8. The summed E-state index contributed by atoms with van der Waals surface area (Å²) in [6, 6.07) is 15.4. The first-order valence-corrected chi connectivity index (χ1v) is 7.89. The molecule has 1 unspecified atom stereocenters. The first-order chi connectivity index (χ1) is 11.2. The lowest BCUT2D eigenvalue weighted by Gasteiger charge is -2.31. The monoisotopic (exact) mass is 311 g/mol. The lowest BCUT2D eigenvalue weighted by atomic mass is 10.0. The van der Waals surface area contributed by atoms with Crippen molar-refractivity contribution in [1.82, 2.24) is 0 Å². The van der Waals surface area contributed by atoms with Crippen LogP contribution in [0.15, 0.2) is 48.5 Å². The van der Waals surface area contributed by atoms with E-state index in [4.69, 9.17) is 9.47 Å². The van der Waals surface area contributed by atoms with Gasteiger partial charge in [-0.25, -0.2) is 0 Å². The molecule has 1 aliphatic heterocycles. The minimum absolute atomic E-state index is 0.0139. The quantitative estimate of drug-likeness (QED) is 0.868. The smallest absolute Gasteiger partial charge is 0.267 e. The number of amides is 1. The number of ether oxygens (including phenoxy) is 2. The van der Waals surface area contributed by atoms with Crippen LogP contribution in [-0.2, 0) is 11.2 Å². The molecule has 1 atom stereocenters. The lowest BCUT2D eigenvalue weighted by Crippen LogP contribution is -2.43. The highest BCUT2D eigenvalue weighted by Crippen LogP contribution is 2.28. The molecule has 23 heavy (non-hydrogen) atoms. The highest BCUT2D eigenvalue weighted by molar-refractivity contribution is 5.97. The van der Waals surface area contributed by atoms with Gasteiger partial charge in [0.25, 0.3) is 5.91 Å². The van der Waals surface area contributed by atoms with Crippen LogP contribution in [0.5, 0.6) is 11.5 Å². The topological polar surface area (TPSA) is 38.8 Å². The van der Waals surface area contributed by atoms with Crippen molar-refractivity contribution in [2.24, 2.45) is 0 Å². The highest BCUT2D eigenvalue weighted by Gasteiger charge is 2.27. The summed E-state index contributed by atoms with van der Waals surface area (Å²) in [7, 11) is 1.61. The van der Waals surface area contributed by atoms with Crippen molar-refractivity contribution in [3.8, 4) is 11.5 Å². The number of aryl methyl sites for hydroxylation is 1. The molecule has 120 valence electrons. The number of hydrogen-bond acceptors (Lipinski definition) is 3. The van der Waals surface area contributed by atoms with Crippen LogP contribution >= 0.6 is 0 Å². The minimum atomic E-state index is -0.548. The number of fused-ring (bicyclic) bond motifs is 1. The third kappa shape index (κ3) is 3.31. The number of para-hydroxylation sites is 1. The van der Waals surface area contributed by atoms with Gasteiger partial charge in [0.2, 0.25) is 0 Å².